The Morgan fingerprint density at radius 3 is 2.62 bits per heavy atom. The molecule has 0 saturated carbocycles. The van der Waals surface area contributed by atoms with E-state index in [1.54, 1.807) is 7.05 Å². The molecule has 1 heterocycles. The summed E-state index contributed by atoms with van der Waals surface area (Å²) in [6.07, 6.45) is 1.57. The third-order valence-corrected chi connectivity index (χ3v) is 2.68. The molecular formula is C10H19N3O3. The highest BCUT2D eigenvalue weighted by atomic mass is 16.5. The molecule has 0 aromatic carbocycles. The molecule has 0 aromatic rings. The van der Waals surface area contributed by atoms with E-state index >= 15 is 0 Å². The minimum Gasteiger partial charge on any atom is -0.381 e. The summed E-state index contributed by atoms with van der Waals surface area (Å²) in [5.41, 5.74) is 5.24. The van der Waals surface area contributed by atoms with Crippen LogP contribution in [0.4, 0.5) is 0 Å². The van der Waals surface area contributed by atoms with Crippen LogP contribution in [0.2, 0.25) is 0 Å². The van der Waals surface area contributed by atoms with Gasteiger partial charge in [-0.05, 0) is 12.8 Å². The van der Waals surface area contributed by atoms with E-state index in [-0.39, 0.29) is 6.04 Å². The van der Waals surface area contributed by atoms with Gasteiger partial charge in [-0.2, -0.15) is 0 Å². The van der Waals surface area contributed by atoms with Crippen molar-refractivity contribution in [2.45, 2.75) is 18.9 Å². The Labute approximate surface area is 95.1 Å². The Kier molecular flexibility index (Phi) is 5.21. The van der Waals surface area contributed by atoms with Crippen molar-refractivity contribution in [3.8, 4) is 0 Å². The zero-order valence-corrected chi connectivity index (χ0v) is 9.57. The molecule has 1 fully saturated rings. The third-order valence-electron chi connectivity index (χ3n) is 2.68. The SMILES string of the molecule is CN(C(=O)C(=O)NCCN)C1CCOCC1. The van der Waals surface area contributed by atoms with Crippen LogP contribution in [0.25, 0.3) is 0 Å². The fraction of sp³-hybridized carbons (Fsp3) is 0.800. The summed E-state index contributed by atoms with van der Waals surface area (Å²) >= 11 is 0. The molecule has 0 radical (unpaired) electrons. The number of carbonyl (C=O) groups is 2. The summed E-state index contributed by atoms with van der Waals surface area (Å²) in [5.74, 6) is -1.08. The summed E-state index contributed by atoms with van der Waals surface area (Å²) in [6, 6.07) is 0.102. The van der Waals surface area contributed by atoms with Gasteiger partial charge in [0.1, 0.15) is 0 Å². The van der Waals surface area contributed by atoms with Crippen LogP contribution < -0.4 is 11.1 Å². The minimum atomic E-state index is -0.584. The van der Waals surface area contributed by atoms with Crippen molar-refractivity contribution >= 4 is 11.8 Å². The molecule has 0 aromatic heterocycles. The van der Waals surface area contributed by atoms with Gasteiger partial charge in [-0.1, -0.05) is 0 Å². The maximum atomic E-state index is 11.7. The second kappa shape index (κ2) is 6.44. The molecule has 1 aliphatic rings. The van der Waals surface area contributed by atoms with E-state index in [9.17, 15) is 9.59 Å². The second-order valence-corrected chi connectivity index (χ2v) is 3.80. The number of rotatable bonds is 3. The summed E-state index contributed by atoms with van der Waals surface area (Å²) in [6.45, 7) is 1.95. The molecule has 0 atom stereocenters. The van der Waals surface area contributed by atoms with Crippen molar-refractivity contribution in [2.24, 2.45) is 5.73 Å². The molecule has 92 valence electrons. The predicted octanol–water partition coefficient (Wildman–Crippen LogP) is -1.30. The highest BCUT2D eigenvalue weighted by molar-refractivity contribution is 6.35. The van der Waals surface area contributed by atoms with Crippen LogP contribution >= 0.6 is 0 Å². The van der Waals surface area contributed by atoms with E-state index in [4.69, 9.17) is 10.5 Å². The van der Waals surface area contributed by atoms with Gasteiger partial charge in [0.2, 0.25) is 0 Å². The molecule has 1 saturated heterocycles. The van der Waals surface area contributed by atoms with Gasteiger partial charge in [0, 0.05) is 39.4 Å². The van der Waals surface area contributed by atoms with Crippen LogP contribution in [0.5, 0.6) is 0 Å². The van der Waals surface area contributed by atoms with Gasteiger partial charge in [-0.3, -0.25) is 9.59 Å². The van der Waals surface area contributed by atoms with Gasteiger partial charge in [-0.25, -0.2) is 0 Å². The first-order valence-corrected chi connectivity index (χ1v) is 5.49. The Morgan fingerprint density at radius 2 is 2.06 bits per heavy atom. The molecule has 6 heteroatoms. The molecule has 0 bridgehead atoms. The zero-order valence-electron chi connectivity index (χ0n) is 9.57. The van der Waals surface area contributed by atoms with Crippen molar-refractivity contribution in [2.75, 3.05) is 33.4 Å². The number of carbonyl (C=O) groups excluding carboxylic acids is 2. The number of hydrogen-bond acceptors (Lipinski definition) is 4. The lowest BCUT2D eigenvalue weighted by molar-refractivity contribution is -0.147. The van der Waals surface area contributed by atoms with E-state index in [1.165, 1.54) is 4.90 Å². The quantitative estimate of drug-likeness (QED) is 0.589. The van der Waals surface area contributed by atoms with Crippen molar-refractivity contribution in [1.29, 1.82) is 0 Å². The molecule has 6 nitrogen and oxygen atoms in total. The van der Waals surface area contributed by atoms with Crippen molar-refractivity contribution in [3.05, 3.63) is 0 Å². The summed E-state index contributed by atoms with van der Waals surface area (Å²) in [5, 5.41) is 2.47. The van der Waals surface area contributed by atoms with E-state index in [0.29, 0.717) is 26.3 Å². The smallest absolute Gasteiger partial charge is 0.311 e. The number of likely N-dealkylation sites (N-methyl/N-ethyl adjacent to an activating group) is 1. The molecular weight excluding hydrogens is 210 g/mol. The lowest BCUT2D eigenvalue weighted by Crippen LogP contribution is -2.48. The number of nitrogens with two attached hydrogens (primary N) is 1. The summed E-state index contributed by atoms with van der Waals surface area (Å²) in [7, 11) is 1.65. The van der Waals surface area contributed by atoms with Crippen molar-refractivity contribution < 1.29 is 14.3 Å². The normalized spacial score (nSPS) is 16.9. The first-order chi connectivity index (χ1) is 7.66. The van der Waals surface area contributed by atoms with Gasteiger partial charge in [0.05, 0.1) is 0 Å². The number of nitrogens with zero attached hydrogens (tertiary/aromatic N) is 1. The molecule has 16 heavy (non-hydrogen) atoms. The molecule has 1 aliphatic heterocycles. The Balaban J connectivity index is 2.42. The first kappa shape index (κ1) is 12.9. The Bertz CT molecular complexity index is 252. The highest BCUT2D eigenvalue weighted by Crippen LogP contribution is 2.12. The number of nitrogens with one attached hydrogen (secondary N) is 1. The van der Waals surface area contributed by atoms with Crippen LogP contribution in [-0.4, -0.2) is 56.1 Å². The van der Waals surface area contributed by atoms with Gasteiger partial charge < -0.3 is 20.7 Å². The van der Waals surface area contributed by atoms with Crippen LogP contribution in [0, 0.1) is 0 Å². The lowest BCUT2D eigenvalue weighted by atomic mass is 10.1. The summed E-state index contributed by atoms with van der Waals surface area (Å²) < 4.78 is 5.20. The van der Waals surface area contributed by atoms with Crippen LogP contribution in [0.15, 0.2) is 0 Å². The van der Waals surface area contributed by atoms with Gasteiger partial charge >= 0.3 is 11.8 Å². The van der Waals surface area contributed by atoms with Crippen molar-refractivity contribution in [1.82, 2.24) is 10.2 Å². The number of hydrogen-bond donors (Lipinski definition) is 2. The predicted molar refractivity (Wildman–Crippen MR) is 58.7 cm³/mol. The number of ether oxygens (including phenoxy) is 1. The summed E-state index contributed by atoms with van der Waals surface area (Å²) in [4.78, 5) is 24.6. The van der Waals surface area contributed by atoms with Crippen LogP contribution in [0.1, 0.15) is 12.8 Å². The van der Waals surface area contributed by atoms with Crippen LogP contribution in [0.3, 0.4) is 0 Å². The molecule has 0 aliphatic carbocycles. The van der Waals surface area contributed by atoms with E-state index in [1.807, 2.05) is 0 Å². The third kappa shape index (κ3) is 3.46. The standard InChI is InChI=1S/C10H19N3O3/c1-13(8-2-6-16-7-3-8)10(15)9(14)12-5-4-11/h8H,2-7,11H2,1H3,(H,12,14). The maximum absolute atomic E-state index is 11.7. The van der Waals surface area contributed by atoms with Crippen molar-refractivity contribution in [3.63, 3.8) is 0 Å². The molecule has 0 spiro atoms. The average Bonchev–Trinajstić information content (AvgIpc) is 2.35. The topological polar surface area (TPSA) is 84.7 Å². The lowest BCUT2D eigenvalue weighted by Gasteiger charge is -2.30. The zero-order chi connectivity index (χ0) is 12.0. The minimum absolute atomic E-state index is 0.102. The second-order valence-electron chi connectivity index (χ2n) is 3.80. The highest BCUT2D eigenvalue weighted by Gasteiger charge is 2.26. The van der Waals surface area contributed by atoms with Gasteiger partial charge in [0.15, 0.2) is 0 Å². The number of amides is 2. The largest absolute Gasteiger partial charge is 0.381 e. The van der Waals surface area contributed by atoms with E-state index < -0.39 is 11.8 Å². The fourth-order valence-corrected chi connectivity index (χ4v) is 1.66. The average molecular weight is 229 g/mol. The monoisotopic (exact) mass is 229 g/mol. The van der Waals surface area contributed by atoms with Gasteiger partial charge in [0.25, 0.3) is 0 Å². The fourth-order valence-electron chi connectivity index (χ4n) is 1.66. The van der Waals surface area contributed by atoms with Gasteiger partial charge in [-0.15, -0.1) is 0 Å². The maximum Gasteiger partial charge on any atom is 0.311 e. The molecule has 2 amide bonds. The Hall–Kier alpha value is -1.14. The molecule has 3 N–H and O–H groups in total. The molecule has 1 rings (SSSR count). The molecule has 0 unspecified atom stereocenters. The Morgan fingerprint density at radius 1 is 1.44 bits per heavy atom. The van der Waals surface area contributed by atoms with E-state index in [0.717, 1.165) is 12.8 Å². The first-order valence-electron chi connectivity index (χ1n) is 5.49. The van der Waals surface area contributed by atoms with E-state index in [2.05, 4.69) is 5.32 Å². The van der Waals surface area contributed by atoms with Crippen LogP contribution in [-0.2, 0) is 14.3 Å².